The van der Waals surface area contributed by atoms with E-state index >= 15 is 0 Å². The Morgan fingerprint density at radius 3 is 2.74 bits per heavy atom. The number of hydrogen-bond acceptors (Lipinski definition) is 4. The highest BCUT2D eigenvalue weighted by atomic mass is 16.3. The standard InChI is InChI=1S/C14H20N2O3/c1-10(9-16-6-2-3-7-16)15-14(19)12-8-11(17)4-5-13(12)18/h4-5,8,10,17-18H,2-3,6-7,9H2,1H3,(H,15,19). The Balaban J connectivity index is 1.94. The van der Waals surface area contributed by atoms with Crippen molar-refractivity contribution in [2.24, 2.45) is 0 Å². The maximum atomic E-state index is 12.0. The molecule has 0 saturated carbocycles. The van der Waals surface area contributed by atoms with E-state index < -0.39 is 0 Å². The molecule has 1 aliphatic rings. The van der Waals surface area contributed by atoms with Crippen molar-refractivity contribution in [3.8, 4) is 11.5 Å². The van der Waals surface area contributed by atoms with E-state index in [2.05, 4.69) is 10.2 Å². The maximum Gasteiger partial charge on any atom is 0.255 e. The molecule has 1 fully saturated rings. The molecule has 1 atom stereocenters. The van der Waals surface area contributed by atoms with Gasteiger partial charge in [0.05, 0.1) is 5.56 Å². The van der Waals surface area contributed by atoms with E-state index in [-0.39, 0.29) is 29.0 Å². The number of hydrogen-bond donors (Lipinski definition) is 3. The number of carbonyl (C=O) groups is 1. The number of nitrogens with one attached hydrogen (secondary N) is 1. The highest BCUT2D eigenvalue weighted by Crippen LogP contribution is 2.22. The lowest BCUT2D eigenvalue weighted by molar-refractivity contribution is 0.0929. The molecular formula is C14H20N2O3. The van der Waals surface area contributed by atoms with Gasteiger partial charge in [0.25, 0.3) is 5.91 Å². The fraction of sp³-hybridized carbons (Fsp3) is 0.500. The quantitative estimate of drug-likeness (QED) is 0.717. The average molecular weight is 264 g/mol. The van der Waals surface area contributed by atoms with Crippen LogP contribution in [0.1, 0.15) is 30.1 Å². The van der Waals surface area contributed by atoms with Gasteiger partial charge in [-0.3, -0.25) is 4.79 Å². The van der Waals surface area contributed by atoms with E-state index in [1.54, 1.807) is 0 Å². The van der Waals surface area contributed by atoms with Gasteiger partial charge in [0.15, 0.2) is 0 Å². The number of phenols is 2. The van der Waals surface area contributed by atoms with Crippen molar-refractivity contribution >= 4 is 5.91 Å². The summed E-state index contributed by atoms with van der Waals surface area (Å²) >= 11 is 0. The van der Waals surface area contributed by atoms with E-state index in [1.807, 2.05) is 6.92 Å². The van der Waals surface area contributed by atoms with Gasteiger partial charge in [-0.15, -0.1) is 0 Å². The molecule has 1 aliphatic heterocycles. The van der Waals surface area contributed by atoms with Gasteiger partial charge in [-0.25, -0.2) is 0 Å². The molecule has 0 radical (unpaired) electrons. The number of likely N-dealkylation sites (tertiary alicyclic amines) is 1. The third-order valence-corrected chi connectivity index (χ3v) is 3.33. The summed E-state index contributed by atoms with van der Waals surface area (Å²) in [6, 6.07) is 3.94. The molecule has 1 aromatic rings. The van der Waals surface area contributed by atoms with Crippen molar-refractivity contribution in [2.75, 3.05) is 19.6 Å². The molecular weight excluding hydrogens is 244 g/mol. The van der Waals surface area contributed by atoms with Crippen LogP contribution in [-0.4, -0.2) is 46.7 Å². The van der Waals surface area contributed by atoms with E-state index in [0.717, 1.165) is 19.6 Å². The predicted molar refractivity (Wildman–Crippen MR) is 72.4 cm³/mol. The second-order valence-electron chi connectivity index (χ2n) is 5.08. The van der Waals surface area contributed by atoms with Crippen molar-refractivity contribution < 1.29 is 15.0 Å². The lowest BCUT2D eigenvalue weighted by atomic mass is 10.1. The van der Waals surface area contributed by atoms with Crippen molar-refractivity contribution in [1.82, 2.24) is 10.2 Å². The van der Waals surface area contributed by atoms with Crippen molar-refractivity contribution in [1.29, 1.82) is 0 Å². The summed E-state index contributed by atoms with van der Waals surface area (Å²) in [5, 5.41) is 21.8. The Bertz CT molecular complexity index is 456. The number of phenolic OH excluding ortho intramolecular Hbond substituents is 2. The Morgan fingerprint density at radius 1 is 1.37 bits per heavy atom. The predicted octanol–water partition coefficient (Wildman–Crippen LogP) is 1.31. The Morgan fingerprint density at radius 2 is 2.05 bits per heavy atom. The monoisotopic (exact) mass is 264 g/mol. The second-order valence-corrected chi connectivity index (χ2v) is 5.08. The van der Waals surface area contributed by atoms with Crippen molar-refractivity contribution in [3.63, 3.8) is 0 Å². The molecule has 104 valence electrons. The zero-order valence-electron chi connectivity index (χ0n) is 11.1. The molecule has 2 rings (SSSR count). The Kier molecular flexibility index (Phi) is 4.27. The van der Waals surface area contributed by atoms with Crippen LogP contribution in [0, 0.1) is 0 Å². The van der Waals surface area contributed by atoms with Crippen LogP contribution in [-0.2, 0) is 0 Å². The fourth-order valence-electron chi connectivity index (χ4n) is 2.41. The highest BCUT2D eigenvalue weighted by Gasteiger charge is 2.18. The molecule has 19 heavy (non-hydrogen) atoms. The molecule has 5 heteroatoms. The molecule has 1 saturated heterocycles. The first kappa shape index (κ1) is 13.7. The number of aromatic hydroxyl groups is 2. The van der Waals surface area contributed by atoms with Crippen LogP contribution in [0.3, 0.4) is 0 Å². The molecule has 0 aromatic heterocycles. The summed E-state index contributed by atoms with van der Waals surface area (Å²) in [5.41, 5.74) is 0.105. The summed E-state index contributed by atoms with van der Waals surface area (Å²) in [5.74, 6) is -0.515. The molecule has 1 heterocycles. The van der Waals surface area contributed by atoms with Crippen molar-refractivity contribution in [2.45, 2.75) is 25.8 Å². The van der Waals surface area contributed by atoms with E-state index in [0.29, 0.717) is 0 Å². The minimum absolute atomic E-state index is 0.00680. The molecule has 0 bridgehead atoms. The number of carbonyl (C=O) groups excluding carboxylic acids is 1. The third-order valence-electron chi connectivity index (χ3n) is 3.33. The number of amides is 1. The van der Waals surface area contributed by atoms with Crippen LogP contribution in [0.5, 0.6) is 11.5 Å². The van der Waals surface area contributed by atoms with Crippen LogP contribution in [0.15, 0.2) is 18.2 Å². The number of rotatable bonds is 4. The van der Waals surface area contributed by atoms with Gasteiger partial charge in [0.1, 0.15) is 11.5 Å². The normalized spacial score (nSPS) is 17.3. The molecule has 1 amide bonds. The first-order valence-corrected chi connectivity index (χ1v) is 6.61. The minimum Gasteiger partial charge on any atom is -0.508 e. The first-order chi connectivity index (χ1) is 9.06. The zero-order valence-corrected chi connectivity index (χ0v) is 11.1. The molecule has 0 aliphatic carbocycles. The summed E-state index contributed by atoms with van der Waals surface area (Å²) in [4.78, 5) is 14.3. The molecule has 3 N–H and O–H groups in total. The highest BCUT2D eigenvalue weighted by molar-refractivity contribution is 5.97. The number of nitrogens with zero attached hydrogens (tertiary/aromatic N) is 1. The van der Waals surface area contributed by atoms with Gasteiger partial charge in [-0.1, -0.05) is 0 Å². The maximum absolute atomic E-state index is 12.0. The largest absolute Gasteiger partial charge is 0.508 e. The second kappa shape index (κ2) is 5.93. The van der Waals surface area contributed by atoms with Crippen molar-refractivity contribution in [3.05, 3.63) is 23.8 Å². The average Bonchev–Trinajstić information content (AvgIpc) is 2.84. The van der Waals surface area contributed by atoms with Gasteiger partial charge in [-0.05, 0) is 51.1 Å². The smallest absolute Gasteiger partial charge is 0.255 e. The van der Waals surface area contributed by atoms with Crippen LogP contribution in [0.4, 0.5) is 0 Å². The number of benzene rings is 1. The van der Waals surface area contributed by atoms with Gasteiger partial charge >= 0.3 is 0 Å². The minimum atomic E-state index is -0.361. The van der Waals surface area contributed by atoms with Crippen LogP contribution in [0.2, 0.25) is 0 Å². The van der Waals surface area contributed by atoms with E-state index in [4.69, 9.17) is 0 Å². The summed E-state index contributed by atoms with van der Waals surface area (Å²) in [6.07, 6.45) is 2.43. The van der Waals surface area contributed by atoms with E-state index in [1.165, 1.54) is 31.0 Å². The lowest BCUT2D eigenvalue weighted by Gasteiger charge is -2.21. The Labute approximate surface area is 112 Å². The zero-order chi connectivity index (χ0) is 13.8. The SMILES string of the molecule is CC(CN1CCCC1)NC(=O)c1cc(O)ccc1O. The van der Waals surface area contributed by atoms with Crippen LogP contribution in [0.25, 0.3) is 0 Å². The van der Waals surface area contributed by atoms with Crippen LogP contribution < -0.4 is 5.32 Å². The third kappa shape index (κ3) is 3.61. The summed E-state index contributed by atoms with van der Waals surface area (Å²) < 4.78 is 0. The van der Waals surface area contributed by atoms with Gasteiger partial charge < -0.3 is 20.4 Å². The molecule has 0 spiro atoms. The van der Waals surface area contributed by atoms with Gasteiger partial charge in [-0.2, -0.15) is 0 Å². The first-order valence-electron chi connectivity index (χ1n) is 6.61. The lowest BCUT2D eigenvalue weighted by Crippen LogP contribution is -2.41. The van der Waals surface area contributed by atoms with Crippen LogP contribution >= 0.6 is 0 Å². The van der Waals surface area contributed by atoms with E-state index in [9.17, 15) is 15.0 Å². The summed E-state index contributed by atoms with van der Waals surface area (Å²) in [7, 11) is 0. The molecule has 1 unspecified atom stereocenters. The van der Waals surface area contributed by atoms with Gasteiger partial charge in [0, 0.05) is 12.6 Å². The topological polar surface area (TPSA) is 72.8 Å². The molecule has 5 nitrogen and oxygen atoms in total. The Hall–Kier alpha value is -1.75. The molecule has 1 aromatic carbocycles. The summed E-state index contributed by atoms with van der Waals surface area (Å²) in [6.45, 7) is 4.91. The fourth-order valence-corrected chi connectivity index (χ4v) is 2.41. The van der Waals surface area contributed by atoms with Gasteiger partial charge in [0.2, 0.25) is 0 Å².